The van der Waals surface area contributed by atoms with Crippen molar-refractivity contribution in [1.82, 2.24) is 9.80 Å². The Balaban J connectivity index is 1.50. The minimum Gasteiger partial charge on any atom is -0.395 e. The highest BCUT2D eigenvalue weighted by molar-refractivity contribution is 5.40. The number of fused-ring (bicyclic) bond motifs is 1. The summed E-state index contributed by atoms with van der Waals surface area (Å²) in [6.07, 6.45) is 6.18. The summed E-state index contributed by atoms with van der Waals surface area (Å²) in [7, 11) is 2.21. The second-order valence-corrected chi connectivity index (χ2v) is 8.66. The standard InChI is InChI=1S/C23H32N2O2/c1-24-14-4-5-15-25-20(16-24)22(21(25)17-26)19-8-6-18(7-9-19)10-13-23(27)11-2-3-12-23/h6-9,20-22,26-27H,2-5,11-12,14-17H2,1H3/t20-,21-,22+/m0/s1. The van der Waals surface area contributed by atoms with Gasteiger partial charge in [0.1, 0.15) is 5.60 Å². The van der Waals surface area contributed by atoms with E-state index in [4.69, 9.17) is 0 Å². The van der Waals surface area contributed by atoms with Gasteiger partial charge in [0.2, 0.25) is 0 Å². The largest absolute Gasteiger partial charge is 0.395 e. The van der Waals surface area contributed by atoms with Crippen molar-refractivity contribution in [2.75, 3.05) is 33.3 Å². The van der Waals surface area contributed by atoms with Gasteiger partial charge in [0, 0.05) is 30.1 Å². The molecule has 4 heteroatoms. The molecule has 2 heterocycles. The van der Waals surface area contributed by atoms with Gasteiger partial charge >= 0.3 is 0 Å². The second kappa shape index (κ2) is 7.93. The fourth-order valence-electron chi connectivity index (χ4n) is 5.18. The number of benzene rings is 1. The predicted molar refractivity (Wildman–Crippen MR) is 108 cm³/mol. The summed E-state index contributed by atoms with van der Waals surface area (Å²) >= 11 is 0. The smallest absolute Gasteiger partial charge is 0.125 e. The molecule has 27 heavy (non-hydrogen) atoms. The molecule has 1 aliphatic carbocycles. The van der Waals surface area contributed by atoms with E-state index in [0.717, 1.165) is 50.9 Å². The van der Waals surface area contributed by atoms with Gasteiger partial charge in [0.25, 0.3) is 0 Å². The molecule has 0 radical (unpaired) electrons. The van der Waals surface area contributed by atoms with Gasteiger partial charge in [-0.05, 0) is 76.4 Å². The van der Waals surface area contributed by atoms with Crippen molar-refractivity contribution in [3.05, 3.63) is 35.4 Å². The van der Waals surface area contributed by atoms with Crippen molar-refractivity contribution >= 4 is 0 Å². The topological polar surface area (TPSA) is 46.9 Å². The van der Waals surface area contributed by atoms with E-state index in [2.05, 4.69) is 53.0 Å². The lowest BCUT2D eigenvalue weighted by Crippen LogP contribution is -2.67. The average molecular weight is 369 g/mol. The molecule has 3 fully saturated rings. The Bertz CT molecular complexity index is 699. The molecule has 0 bridgehead atoms. The lowest BCUT2D eigenvalue weighted by Gasteiger charge is -2.57. The third-order valence-corrected chi connectivity index (χ3v) is 6.74. The summed E-state index contributed by atoms with van der Waals surface area (Å²) < 4.78 is 0. The molecular weight excluding hydrogens is 336 g/mol. The maximum atomic E-state index is 10.4. The highest BCUT2D eigenvalue weighted by atomic mass is 16.3. The molecule has 0 unspecified atom stereocenters. The third kappa shape index (κ3) is 3.93. The van der Waals surface area contributed by atoms with E-state index in [-0.39, 0.29) is 12.6 Å². The lowest BCUT2D eigenvalue weighted by molar-refractivity contribution is -0.0614. The van der Waals surface area contributed by atoms with Crippen LogP contribution in [-0.2, 0) is 0 Å². The molecule has 146 valence electrons. The molecule has 2 N–H and O–H groups in total. The molecule has 4 rings (SSSR count). The Morgan fingerprint density at radius 1 is 1.07 bits per heavy atom. The number of hydrogen-bond donors (Lipinski definition) is 2. The summed E-state index contributed by atoms with van der Waals surface area (Å²) in [5, 5.41) is 20.4. The molecule has 0 amide bonds. The normalized spacial score (nSPS) is 31.1. The van der Waals surface area contributed by atoms with Crippen LogP contribution >= 0.6 is 0 Å². The quantitative estimate of drug-likeness (QED) is 0.786. The van der Waals surface area contributed by atoms with Crippen LogP contribution in [0.5, 0.6) is 0 Å². The summed E-state index contributed by atoms with van der Waals surface area (Å²) in [6.45, 7) is 3.55. The molecule has 3 aliphatic rings. The molecule has 1 aromatic rings. The molecule has 0 aromatic heterocycles. The number of aliphatic hydroxyl groups excluding tert-OH is 1. The van der Waals surface area contributed by atoms with E-state index in [0.29, 0.717) is 12.0 Å². The van der Waals surface area contributed by atoms with Gasteiger partial charge in [-0.25, -0.2) is 0 Å². The van der Waals surface area contributed by atoms with Crippen molar-refractivity contribution in [3.8, 4) is 11.8 Å². The van der Waals surface area contributed by atoms with E-state index < -0.39 is 5.60 Å². The summed E-state index contributed by atoms with van der Waals surface area (Å²) in [6, 6.07) is 9.22. The van der Waals surface area contributed by atoms with Gasteiger partial charge in [-0.3, -0.25) is 4.90 Å². The Kier molecular flexibility index (Phi) is 5.57. The van der Waals surface area contributed by atoms with Crippen molar-refractivity contribution in [3.63, 3.8) is 0 Å². The molecule has 2 saturated heterocycles. The minimum atomic E-state index is -0.779. The van der Waals surface area contributed by atoms with Crippen LogP contribution in [0.15, 0.2) is 24.3 Å². The van der Waals surface area contributed by atoms with Crippen LogP contribution in [0.4, 0.5) is 0 Å². The zero-order chi connectivity index (χ0) is 18.9. The molecule has 3 atom stereocenters. The monoisotopic (exact) mass is 368 g/mol. The number of aliphatic hydroxyl groups is 2. The van der Waals surface area contributed by atoms with Gasteiger partial charge in [-0.1, -0.05) is 24.0 Å². The van der Waals surface area contributed by atoms with Gasteiger partial charge in [0.05, 0.1) is 6.61 Å². The maximum Gasteiger partial charge on any atom is 0.125 e. The average Bonchev–Trinajstić information content (AvgIpc) is 3.09. The first-order valence-corrected chi connectivity index (χ1v) is 10.5. The van der Waals surface area contributed by atoms with Gasteiger partial charge in [0.15, 0.2) is 0 Å². The van der Waals surface area contributed by atoms with Crippen LogP contribution in [0, 0.1) is 11.8 Å². The summed E-state index contributed by atoms with van der Waals surface area (Å²) in [4.78, 5) is 4.93. The van der Waals surface area contributed by atoms with Crippen LogP contribution in [0.25, 0.3) is 0 Å². The first-order chi connectivity index (χ1) is 13.1. The number of nitrogens with zero attached hydrogens (tertiary/aromatic N) is 2. The van der Waals surface area contributed by atoms with Crippen molar-refractivity contribution in [1.29, 1.82) is 0 Å². The Morgan fingerprint density at radius 2 is 1.78 bits per heavy atom. The predicted octanol–water partition coefficient (Wildman–Crippen LogP) is 2.20. The van der Waals surface area contributed by atoms with Crippen LogP contribution in [0.2, 0.25) is 0 Å². The Labute approximate surface area is 163 Å². The summed E-state index contributed by atoms with van der Waals surface area (Å²) in [5.74, 6) is 6.64. The van der Waals surface area contributed by atoms with Gasteiger partial charge in [-0.15, -0.1) is 0 Å². The first-order valence-electron chi connectivity index (χ1n) is 10.5. The highest BCUT2D eigenvalue weighted by Gasteiger charge is 2.48. The van der Waals surface area contributed by atoms with E-state index in [1.165, 1.54) is 18.4 Å². The van der Waals surface area contributed by atoms with Crippen molar-refractivity contribution < 1.29 is 10.2 Å². The molecule has 2 aliphatic heterocycles. The number of hydrogen-bond acceptors (Lipinski definition) is 4. The van der Waals surface area contributed by atoms with Crippen molar-refractivity contribution in [2.45, 2.75) is 62.1 Å². The lowest BCUT2D eigenvalue weighted by atomic mass is 9.74. The van der Waals surface area contributed by atoms with E-state index in [1.807, 2.05) is 0 Å². The molecule has 0 spiro atoms. The molecule has 1 saturated carbocycles. The third-order valence-electron chi connectivity index (χ3n) is 6.74. The van der Waals surface area contributed by atoms with E-state index >= 15 is 0 Å². The maximum absolute atomic E-state index is 10.4. The van der Waals surface area contributed by atoms with E-state index in [1.54, 1.807) is 0 Å². The zero-order valence-electron chi connectivity index (χ0n) is 16.4. The number of likely N-dealkylation sites (N-methyl/N-ethyl adjacent to an activating group) is 1. The minimum absolute atomic E-state index is 0.222. The fourth-order valence-corrected chi connectivity index (χ4v) is 5.18. The van der Waals surface area contributed by atoms with Crippen LogP contribution < -0.4 is 0 Å². The van der Waals surface area contributed by atoms with Crippen LogP contribution in [-0.4, -0.2) is 71.0 Å². The van der Waals surface area contributed by atoms with Crippen molar-refractivity contribution in [2.24, 2.45) is 0 Å². The van der Waals surface area contributed by atoms with Crippen LogP contribution in [0.1, 0.15) is 55.6 Å². The van der Waals surface area contributed by atoms with Gasteiger partial charge < -0.3 is 15.1 Å². The molecule has 4 nitrogen and oxygen atoms in total. The van der Waals surface area contributed by atoms with Gasteiger partial charge in [-0.2, -0.15) is 0 Å². The summed E-state index contributed by atoms with van der Waals surface area (Å²) in [5.41, 5.74) is 1.48. The second-order valence-electron chi connectivity index (χ2n) is 8.66. The van der Waals surface area contributed by atoms with E-state index in [9.17, 15) is 10.2 Å². The van der Waals surface area contributed by atoms with Crippen LogP contribution in [0.3, 0.4) is 0 Å². The Hall–Kier alpha value is -1.38. The Morgan fingerprint density at radius 3 is 2.48 bits per heavy atom. The first kappa shape index (κ1) is 19.0. The molecule has 1 aromatic carbocycles. The SMILES string of the molecule is CN1CCCCN2[C@@H](CO)[C@H](c3ccc(C#CC4(O)CCCC4)cc3)[C@@H]2C1. The fraction of sp³-hybridized carbons (Fsp3) is 0.652. The zero-order valence-corrected chi connectivity index (χ0v) is 16.4. The number of rotatable bonds is 2. The highest BCUT2D eigenvalue weighted by Crippen LogP contribution is 2.41. The molecular formula is C23H32N2O2.